The average molecular weight is 416 g/mol. The molecule has 1 N–H and O–H groups in total. The first kappa shape index (κ1) is 19.9. The Kier molecular flexibility index (Phi) is 5.58. The highest BCUT2D eigenvalue weighted by Gasteiger charge is 2.29. The van der Waals surface area contributed by atoms with Gasteiger partial charge in [-0.05, 0) is 39.5 Å². The van der Waals surface area contributed by atoms with Crippen molar-refractivity contribution in [2.45, 2.75) is 44.7 Å². The zero-order valence-corrected chi connectivity index (χ0v) is 17.9. The third-order valence-electron chi connectivity index (χ3n) is 5.23. The van der Waals surface area contributed by atoms with Gasteiger partial charge in [-0.15, -0.1) is 0 Å². The normalized spacial score (nSPS) is 19.9. The molecule has 154 valence electrons. The molecule has 4 rings (SSSR count). The number of fused-ring (bicyclic) bond motifs is 1. The van der Waals surface area contributed by atoms with Crippen LogP contribution in [0.4, 0.5) is 22.0 Å². The lowest BCUT2D eigenvalue weighted by molar-refractivity contribution is 0.294. The quantitative estimate of drug-likeness (QED) is 0.672. The number of aromatic nitrogens is 5. The van der Waals surface area contributed by atoms with Crippen LogP contribution in [0.3, 0.4) is 0 Å². The minimum absolute atomic E-state index is 0.0535. The fourth-order valence-electron chi connectivity index (χ4n) is 3.87. The first-order valence-electron chi connectivity index (χ1n) is 9.82. The van der Waals surface area contributed by atoms with Gasteiger partial charge < -0.3 is 14.8 Å². The van der Waals surface area contributed by atoms with Crippen LogP contribution in [-0.2, 0) is 0 Å². The number of thioether (sulfide) groups is 1. The van der Waals surface area contributed by atoms with Crippen molar-refractivity contribution >= 4 is 40.4 Å². The largest absolute Gasteiger partial charge is 0.338 e. The predicted molar refractivity (Wildman–Crippen MR) is 117 cm³/mol. The van der Waals surface area contributed by atoms with E-state index in [0.717, 1.165) is 29.8 Å². The number of imidazole rings is 1. The SMILES string of the molecule is CS[C@@H]1CCN(c2nccc(Nc3cc4c(cn3)nc(C)n4C(C)C)n2)C[C@@H]1F. The van der Waals surface area contributed by atoms with Crippen molar-refractivity contribution in [3.8, 4) is 0 Å². The van der Waals surface area contributed by atoms with Gasteiger partial charge in [-0.1, -0.05) is 0 Å². The molecule has 3 aromatic heterocycles. The lowest BCUT2D eigenvalue weighted by atomic mass is 10.1. The van der Waals surface area contributed by atoms with E-state index >= 15 is 0 Å². The van der Waals surface area contributed by atoms with Gasteiger partial charge in [-0.25, -0.2) is 19.3 Å². The molecule has 0 unspecified atom stereocenters. The van der Waals surface area contributed by atoms with Crippen LogP contribution in [0.5, 0.6) is 0 Å². The fourth-order valence-corrected chi connectivity index (χ4v) is 4.59. The number of piperidine rings is 1. The molecule has 2 atom stereocenters. The standard InChI is InChI=1S/C20H26FN7S/c1-12(2)28-13(3)24-15-10-23-19(9-16(15)28)25-18-5-7-22-20(26-18)27-8-6-17(29-4)14(21)11-27/h5,7,9-10,12,14,17H,6,8,11H2,1-4H3,(H,22,23,25,26)/t14-,17+/m0/s1. The van der Waals surface area contributed by atoms with Gasteiger partial charge in [-0.2, -0.15) is 16.7 Å². The highest BCUT2D eigenvalue weighted by molar-refractivity contribution is 7.99. The van der Waals surface area contributed by atoms with Crippen molar-refractivity contribution in [1.29, 1.82) is 0 Å². The summed E-state index contributed by atoms with van der Waals surface area (Å²) in [6.45, 7) is 7.36. The zero-order chi connectivity index (χ0) is 20.5. The number of pyridine rings is 1. The van der Waals surface area contributed by atoms with Crippen molar-refractivity contribution in [1.82, 2.24) is 24.5 Å². The molecule has 0 saturated carbocycles. The van der Waals surface area contributed by atoms with Gasteiger partial charge >= 0.3 is 0 Å². The summed E-state index contributed by atoms with van der Waals surface area (Å²) in [4.78, 5) is 19.9. The monoisotopic (exact) mass is 415 g/mol. The lowest BCUT2D eigenvalue weighted by Crippen LogP contribution is -2.44. The summed E-state index contributed by atoms with van der Waals surface area (Å²) in [5, 5.41) is 3.31. The van der Waals surface area contributed by atoms with Crippen LogP contribution in [0.25, 0.3) is 11.0 Å². The number of aryl methyl sites for hydroxylation is 1. The highest BCUT2D eigenvalue weighted by atomic mass is 32.2. The van der Waals surface area contributed by atoms with Crippen molar-refractivity contribution in [2.75, 3.05) is 29.6 Å². The van der Waals surface area contributed by atoms with Crippen molar-refractivity contribution in [3.63, 3.8) is 0 Å². The molecule has 0 amide bonds. The summed E-state index contributed by atoms with van der Waals surface area (Å²) < 4.78 is 16.5. The maximum Gasteiger partial charge on any atom is 0.227 e. The summed E-state index contributed by atoms with van der Waals surface area (Å²) >= 11 is 1.59. The molecular formula is C20H26FN7S. The van der Waals surface area contributed by atoms with E-state index in [1.54, 1.807) is 30.2 Å². The third-order valence-corrected chi connectivity index (χ3v) is 6.37. The molecule has 0 radical (unpaired) electrons. The van der Waals surface area contributed by atoms with Gasteiger partial charge in [0.2, 0.25) is 5.95 Å². The second kappa shape index (κ2) is 8.14. The Hall–Kier alpha value is -2.42. The molecule has 0 bridgehead atoms. The lowest BCUT2D eigenvalue weighted by Gasteiger charge is -2.33. The third kappa shape index (κ3) is 4.01. The first-order valence-corrected chi connectivity index (χ1v) is 11.1. The smallest absolute Gasteiger partial charge is 0.227 e. The fraction of sp³-hybridized carbons (Fsp3) is 0.500. The number of alkyl halides is 1. The van der Waals surface area contributed by atoms with Gasteiger partial charge in [0.25, 0.3) is 0 Å². The topological polar surface area (TPSA) is 71.8 Å². The molecule has 7 nitrogen and oxygen atoms in total. The highest BCUT2D eigenvalue weighted by Crippen LogP contribution is 2.27. The van der Waals surface area contributed by atoms with E-state index in [0.29, 0.717) is 30.2 Å². The number of rotatable bonds is 5. The second-order valence-corrected chi connectivity index (χ2v) is 8.65. The number of nitrogens with zero attached hydrogens (tertiary/aromatic N) is 6. The Balaban J connectivity index is 1.56. The summed E-state index contributed by atoms with van der Waals surface area (Å²) in [5.41, 5.74) is 1.90. The van der Waals surface area contributed by atoms with E-state index in [2.05, 4.69) is 43.7 Å². The first-order chi connectivity index (χ1) is 14.0. The van der Waals surface area contributed by atoms with Crippen LogP contribution < -0.4 is 10.2 Å². The van der Waals surface area contributed by atoms with Crippen molar-refractivity contribution in [3.05, 3.63) is 30.4 Å². The van der Waals surface area contributed by atoms with Gasteiger partial charge in [0.1, 0.15) is 29.1 Å². The van der Waals surface area contributed by atoms with Crippen LogP contribution >= 0.6 is 11.8 Å². The molecule has 29 heavy (non-hydrogen) atoms. The molecule has 4 heterocycles. The van der Waals surface area contributed by atoms with Crippen LogP contribution in [0, 0.1) is 6.92 Å². The number of halogens is 1. The Labute approximate surface area is 174 Å². The number of nitrogens with one attached hydrogen (secondary N) is 1. The molecular weight excluding hydrogens is 389 g/mol. The molecule has 3 aromatic rings. The summed E-state index contributed by atoms with van der Waals surface area (Å²) in [5.74, 6) is 2.83. The predicted octanol–water partition coefficient (Wildman–Crippen LogP) is 4.13. The zero-order valence-electron chi connectivity index (χ0n) is 17.1. The minimum Gasteiger partial charge on any atom is -0.338 e. The van der Waals surface area contributed by atoms with Crippen LogP contribution in [0.1, 0.15) is 32.1 Å². The molecule has 1 fully saturated rings. The molecule has 0 aliphatic carbocycles. The van der Waals surface area contributed by atoms with Gasteiger partial charge in [-0.3, -0.25) is 0 Å². The summed E-state index contributed by atoms with van der Waals surface area (Å²) in [6.07, 6.45) is 5.35. The molecule has 1 aliphatic heterocycles. The maximum absolute atomic E-state index is 14.3. The van der Waals surface area contributed by atoms with E-state index in [1.807, 2.05) is 24.1 Å². The van der Waals surface area contributed by atoms with Crippen LogP contribution in [-0.4, -0.2) is 55.3 Å². The Morgan fingerprint density at radius 3 is 2.79 bits per heavy atom. The van der Waals surface area contributed by atoms with Crippen molar-refractivity contribution in [2.24, 2.45) is 0 Å². The molecule has 9 heteroatoms. The minimum atomic E-state index is -0.873. The van der Waals surface area contributed by atoms with Gasteiger partial charge in [0, 0.05) is 30.1 Å². The van der Waals surface area contributed by atoms with Gasteiger partial charge in [0.15, 0.2) is 0 Å². The van der Waals surface area contributed by atoms with Crippen LogP contribution in [0.15, 0.2) is 24.5 Å². The molecule has 0 aromatic carbocycles. The molecule has 1 aliphatic rings. The average Bonchev–Trinajstić information content (AvgIpc) is 3.03. The second-order valence-electron chi connectivity index (χ2n) is 7.57. The van der Waals surface area contributed by atoms with Gasteiger partial charge in [0.05, 0.1) is 18.3 Å². The summed E-state index contributed by atoms with van der Waals surface area (Å²) in [7, 11) is 0. The van der Waals surface area contributed by atoms with E-state index in [-0.39, 0.29) is 5.25 Å². The van der Waals surface area contributed by atoms with E-state index in [4.69, 9.17) is 0 Å². The number of hydrogen-bond donors (Lipinski definition) is 1. The van der Waals surface area contributed by atoms with Crippen LogP contribution in [0.2, 0.25) is 0 Å². The Morgan fingerprint density at radius 1 is 1.24 bits per heavy atom. The van der Waals surface area contributed by atoms with E-state index < -0.39 is 6.17 Å². The van der Waals surface area contributed by atoms with E-state index in [9.17, 15) is 4.39 Å². The Morgan fingerprint density at radius 2 is 2.07 bits per heavy atom. The van der Waals surface area contributed by atoms with E-state index in [1.165, 1.54) is 0 Å². The molecule has 0 spiro atoms. The van der Waals surface area contributed by atoms with Crippen molar-refractivity contribution < 1.29 is 4.39 Å². The number of hydrogen-bond acceptors (Lipinski definition) is 7. The maximum atomic E-state index is 14.3. The Bertz CT molecular complexity index is 1010. The summed E-state index contributed by atoms with van der Waals surface area (Å²) in [6, 6.07) is 4.08. The number of anilines is 3. The molecule has 1 saturated heterocycles.